The van der Waals surface area contributed by atoms with Gasteiger partial charge in [-0.05, 0) is 35.9 Å². The van der Waals surface area contributed by atoms with Crippen LogP contribution in [-0.2, 0) is 12.8 Å². The zero-order valence-electron chi connectivity index (χ0n) is 19.1. The molecule has 5 aromatic rings. The van der Waals surface area contributed by atoms with Crippen LogP contribution in [0.3, 0.4) is 0 Å². The molecule has 194 valence electrons. The highest BCUT2D eigenvalue weighted by molar-refractivity contribution is 6.01. The van der Waals surface area contributed by atoms with E-state index in [9.17, 15) is 27.5 Å². The number of amides is 2. The normalized spacial score (nSPS) is 11.6. The van der Waals surface area contributed by atoms with Gasteiger partial charge in [-0.2, -0.15) is 18.3 Å². The van der Waals surface area contributed by atoms with Crippen LogP contribution in [0.5, 0.6) is 0 Å². The molecule has 0 aliphatic carbocycles. The fourth-order valence-electron chi connectivity index (χ4n) is 3.79. The summed E-state index contributed by atoms with van der Waals surface area (Å²) >= 11 is 0. The fraction of sp³-hybridized carbons (Fsp3) is 0.0833. The molecule has 3 heterocycles. The molecule has 0 bridgehead atoms. The number of halogens is 4. The minimum Gasteiger partial charge on any atom is -0.444 e. The molecule has 0 unspecified atom stereocenters. The van der Waals surface area contributed by atoms with Crippen LogP contribution in [0.1, 0.15) is 11.3 Å². The van der Waals surface area contributed by atoms with Crippen molar-refractivity contribution in [2.45, 2.75) is 12.8 Å². The Morgan fingerprint density at radius 2 is 1.89 bits per heavy atom. The molecule has 0 saturated heterocycles. The third-order valence-electron chi connectivity index (χ3n) is 5.52. The Kier molecular flexibility index (Phi) is 6.16. The summed E-state index contributed by atoms with van der Waals surface area (Å²) in [5.41, 5.74) is 7.13. The summed E-state index contributed by atoms with van der Waals surface area (Å²) in [7, 11) is 0. The van der Waals surface area contributed by atoms with Crippen molar-refractivity contribution in [2.24, 2.45) is 0 Å². The lowest BCUT2D eigenvalue weighted by molar-refractivity contribution is -0.137. The molecule has 5 N–H and O–H groups in total. The van der Waals surface area contributed by atoms with Gasteiger partial charge in [0.25, 0.3) is 0 Å². The number of alkyl halides is 3. The number of oxazole rings is 1. The number of hydrogen-bond donors (Lipinski definition) is 4. The number of aliphatic hydroxyl groups is 1. The Morgan fingerprint density at radius 3 is 2.58 bits per heavy atom. The maximum absolute atomic E-state index is 14.0. The summed E-state index contributed by atoms with van der Waals surface area (Å²) < 4.78 is 59.8. The Hall–Kier alpha value is -4.98. The third-order valence-corrected chi connectivity index (χ3v) is 5.52. The number of rotatable bonds is 5. The predicted octanol–water partition coefficient (Wildman–Crippen LogP) is 4.93. The highest BCUT2D eigenvalue weighted by Gasteiger charge is 2.31. The smallest absolute Gasteiger partial charge is 0.416 e. The van der Waals surface area contributed by atoms with Gasteiger partial charge in [-0.1, -0.05) is 12.1 Å². The Balaban J connectivity index is 1.43. The minimum atomic E-state index is -4.70. The molecule has 0 radical (unpaired) electrons. The van der Waals surface area contributed by atoms with Gasteiger partial charge >= 0.3 is 12.2 Å². The second kappa shape index (κ2) is 9.48. The van der Waals surface area contributed by atoms with Gasteiger partial charge in [-0.15, -0.1) is 0 Å². The number of aromatic nitrogens is 4. The summed E-state index contributed by atoms with van der Waals surface area (Å²) in [5, 5.41) is 18.0. The Bertz CT molecular complexity index is 1650. The van der Waals surface area contributed by atoms with Crippen LogP contribution in [0.15, 0.2) is 65.7 Å². The van der Waals surface area contributed by atoms with Crippen LogP contribution in [0.4, 0.5) is 39.5 Å². The van der Waals surface area contributed by atoms with Crippen LogP contribution < -0.4 is 16.4 Å². The number of urea groups is 1. The molecule has 10 nitrogen and oxygen atoms in total. The van der Waals surface area contributed by atoms with Gasteiger partial charge in [0.15, 0.2) is 5.82 Å². The molecule has 0 atom stereocenters. The molecular formula is C24H17F4N7O3. The van der Waals surface area contributed by atoms with Crippen LogP contribution >= 0.6 is 0 Å². The number of hydrogen-bond acceptors (Lipinski definition) is 7. The van der Waals surface area contributed by atoms with Crippen molar-refractivity contribution < 1.29 is 31.9 Å². The lowest BCUT2D eigenvalue weighted by Gasteiger charge is -2.12. The van der Waals surface area contributed by atoms with Crippen molar-refractivity contribution in [2.75, 3.05) is 16.4 Å². The number of nitrogens with zero attached hydrogens (tertiary/aromatic N) is 4. The Labute approximate surface area is 210 Å². The maximum atomic E-state index is 14.0. The quantitative estimate of drug-likeness (QED) is 0.237. The maximum Gasteiger partial charge on any atom is 0.416 e. The van der Waals surface area contributed by atoms with Crippen LogP contribution in [0.2, 0.25) is 0 Å². The molecule has 38 heavy (non-hydrogen) atoms. The van der Waals surface area contributed by atoms with Gasteiger partial charge in [-0.25, -0.2) is 23.7 Å². The van der Waals surface area contributed by atoms with E-state index in [1.165, 1.54) is 29.2 Å². The number of nitrogens with one attached hydrogen (secondary N) is 2. The first-order valence-electron chi connectivity index (χ1n) is 10.9. The van der Waals surface area contributed by atoms with Gasteiger partial charge in [0.1, 0.15) is 29.6 Å². The van der Waals surface area contributed by atoms with Crippen molar-refractivity contribution in [1.29, 1.82) is 0 Å². The van der Waals surface area contributed by atoms with Crippen molar-refractivity contribution in [3.8, 4) is 22.6 Å². The van der Waals surface area contributed by atoms with E-state index >= 15 is 0 Å². The van der Waals surface area contributed by atoms with Gasteiger partial charge in [0.05, 0.1) is 23.4 Å². The van der Waals surface area contributed by atoms with E-state index < -0.39 is 29.3 Å². The number of carbonyl (C=O) groups excluding carboxylic acids is 1. The van der Waals surface area contributed by atoms with E-state index in [1.54, 1.807) is 18.3 Å². The molecule has 0 aliphatic heterocycles. The second-order valence-corrected chi connectivity index (χ2v) is 8.01. The summed E-state index contributed by atoms with van der Waals surface area (Å²) in [4.78, 5) is 20.6. The van der Waals surface area contributed by atoms with Crippen LogP contribution in [-0.4, -0.2) is 30.7 Å². The van der Waals surface area contributed by atoms with Gasteiger partial charge in [-0.3, -0.25) is 0 Å². The molecule has 0 aliphatic rings. The largest absolute Gasteiger partial charge is 0.444 e. The van der Waals surface area contributed by atoms with Crippen molar-refractivity contribution >= 4 is 28.7 Å². The minimum absolute atomic E-state index is 0.180. The number of nitrogens with two attached hydrogens (primary N) is 1. The molecule has 3 aromatic heterocycles. The van der Waals surface area contributed by atoms with Crippen molar-refractivity contribution in [3.05, 3.63) is 78.3 Å². The van der Waals surface area contributed by atoms with E-state index in [0.29, 0.717) is 46.1 Å². The van der Waals surface area contributed by atoms with Gasteiger partial charge in [0, 0.05) is 17.4 Å². The number of fused-ring (bicyclic) bond motifs is 1. The standard InChI is InChI=1S/C24H17F4N7O3/c25-17-6-3-13(24(26,27)28)7-18(17)34-23(37)33-14-4-1-12(2-5-14)19-16(22-32-15(9-36)10-38-22)8-35-20(19)21(29)30-11-31-35/h1-8,10-11,36H,9H2,(H2,29,30,31)(H2,33,34,37). The average Bonchev–Trinajstić information content (AvgIpc) is 3.51. The first-order valence-corrected chi connectivity index (χ1v) is 10.9. The lowest BCUT2D eigenvalue weighted by atomic mass is 10.0. The molecule has 0 spiro atoms. The summed E-state index contributed by atoms with van der Waals surface area (Å²) in [6.07, 6.45) is -0.463. The summed E-state index contributed by atoms with van der Waals surface area (Å²) in [6.45, 7) is -0.318. The zero-order chi connectivity index (χ0) is 27.0. The van der Waals surface area contributed by atoms with Crippen molar-refractivity contribution in [1.82, 2.24) is 19.6 Å². The SMILES string of the molecule is Nc1ncnn2cc(-c3nc(CO)co3)c(-c3ccc(NC(=O)Nc4cc(C(F)(F)F)ccc4F)cc3)c12. The van der Waals surface area contributed by atoms with Gasteiger partial charge < -0.3 is 25.9 Å². The first-order chi connectivity index (χ1) is 18.1. The predicted molar refractivity (Wildman–Crippen MR) is 128 cm³/mol. The number of aliphatic hydroxyl groups excluding tert-OH is 1. The first kappa shape index (κ1) is 24.7. The molecular weight excluding hydrogens is 510 g/mol. The summed E-state index contributed by atoms with van der Waals surface area (Å²) in [6, 6.07) is 7.11. The topological polar surface area (TPSA) is 144 Å². The highest BCUT2D eigenvalue weighted by atomic mass is 19.4. The third kappa shape index (κ3) is 4.71. The molecule has 5 rings (SSSR count). The fourth-order valence-corrected chi connectivity index (χ4v) is 3.79. The van der Waals surface area contributed by atoms with E-state index in [4.69, 9.17) is 10.2 Å². The van der Waals surface area contributed by atoms with Gasteiger partial charge in [0.2, 0.25) is 5.89 Å². The number of benzene rings is 2. The van der Waals surface area contributed by atoms with Crippen LogP contribution in [0, 0.1) is 5.82 Å². The van der Waals surface area contributed by atoms with E-state index in [1.807, 2.05) is 0 Å². The number of nitrogen functional groups attached to an aromatic ring is 1. The molecule has 0 saturated carbocycles. The highest BCUT2D eigenvalue weighted by Crippen LogP contribution is 2.38. The number of carbonyl (C=O) groups is 1. The number of anilines is 3. The molecule has 0 fully saturated rings. The Morgan fingerprint density at radius 1 is 1.13 bits per heavy atom. The monoisotopic (exact) mass is 527 g/mol. The molecule has 14 heteroatoms. The zero-order valence-corrected chi connectivity index (χ0v) is 19.1. The second-order valence-electron chi connectivity index (χ2n) is 8.01. The van der Waals surface area contributed by atoms with Crippen LogP contribution in [0.25, 0.3) is 28.1 Å². The van der Waals surface area contributed by atoms with E-state index in [0.717, 1.165) is 0 Å². The van der Waals surface area contributed by atoms with E-state index in [2.05, 4.69) is 25.7 Å². The average molecular weight is 527 g/mol. The van der Waals surface area contributed by atoms with E-state index in [-0.39, 0.29) is 24.0 Å². The summed E-state index contributed by atoms with van der Waals surface area (Å²) in [5.74, 6) is -0.633. The molecule has 2 aromatic carbocycles. The molecule has 2 amide bonds. The van der Waals surface area contributed by atoms with Crippen molar-refractivity contribution in [3.63, 3.8) is 0 Å². The lowest BCUT2D eigenvalue weighted by Crippen LogP contribution is -2.20.